The molecule has 1 aliphatic rings. The molecule has 19 heavy (non-hydrogen) atoms. The predicted molar refractivity (Wildman–Crippen MR) is 71.9 cm³/mol. The van der Waals surface area contributed by atoms with Crippen LogP contribution in [-0.4, -0.2) is 59.6 Å². The third-order valence-corrected chi connectivity index (χ3v) is 3.24. The van der Waals surface area contributed by atoms with Crippen molar-refractivity contribution >= 4 is 0 Å². The summed E-state index contributed by atoms with van der Waals surface area (Å²) < 4.78 is 10.7. The van der Waals surface area contributed by atoms with Crippen molar-refractivity contribution in [1.82, 2.24) is 0 Å². The summed E-state index contributed by atoms with van der Waals surface area (Å²) in [5.41, 5.74) is 0. The highest BCUT2D eigenvalue weighted by Gasteiger charge is 2.38. The van der Waals surface area contributed by atoms with Crippen molar-refractivity contribution < 1.29 is 24.8 Å². The number of rotatable bonds is 8. The van der Waals surface area contributed by atoms with E-state index >= 15 is 0 Å². The van der Waals surface area contributed by atoms with Gasteiger partial charge in [-0.3, -0.25) is 0 Å². The zero-order valence-corrected chi connectivity index (χ0v) is 11.6. The van der Waals surface area contributed by atoms with Crippen LogP contribution in [0.25, 0.3) is 0 Å². The summed E-state index contributed by atoms with van der Waals surface area (Å²) >= 11 is 0. The first-order chi connectivity index (χ1) is 9.20. The number of aliphatic hydroxyl groups excluding tert-OH is 3. The molecule has 1 saturated heterocycles. The maximum Gasteiger partial charge on any atom is 0.111 e. The smallest absolute Gasteiger partial charge is 0.111 e. The van der Waals surface area contributed by atoms with Crippen molar-refractivity contribution in [2.45, 2.75) is 57.0 Å². The van der Waals surface area contributed by atoms with E-state index < -0.39 is 24.4 Å². The molecule has 0 aromatic carbocycles. The molecule has 0 amide bonds. The summed E-state index contributed by atoms with van der Waals surface area (Å²) in [6.45, 7) is 2.57. The second-order valence-electron chi connectivity index (χ2n) is 4.85. The quantitative estimate of drug-likeness (QED) is 0.447. The fourth-order valence-corrected chi connectivity index (χ4v) is 2.00. The topological polar surface area (TPSA) is 79.2 Å². The van der Waals surface area contributed by atoms with E-state index in [-0.39, 0.29) is 13.2 Å². The number of aliphatic hydroxyl groups is 3. The summed E-state index contributed by atoms with van der Waals surface area (Å²) in [5.74, 6) is 0. The molecule has 0 radical (unpaired) electrons. The van der Waals surface area contributed by atoms with Gasteiger partial charge < -0.3 is 24.8 Å². The third kappa shape index (κ3) is 5.58. The van der Waals surface area contributed by atoms with E-state index in [1.54, 1.807) is 0 Å². The van der Waals surface area contributed by atoms with Crippen LogP contribution in [0.15, 0.2) is 12.2 Å². The molecule has 0 aromatic heterocycles. The Labute approximate surface area is 114 Å². The average Bonchev–Trinajstić information content (AvgIpc) is 2.42. The van der Waals surface area contributed by atoms with Crippen LogP contribution >= 0.6 is 0 Å². The molecule has 1 aliphatic heterocycles. The van der Waals surface area contributed by atoms with Gasteiger partial charge in [0.25, 0.3) is 0 Å². The van der Waals surface area contributed by atoms with Gasteiger partial charge >= 0.3 is 0 Å². The monoisotopic (exact) mass is 274 g/mol. The van der Waals surface area contributed by atoms with Crippen LogP contribution in [0, 0.1) is 0 Å². The van der Waals surface area contributed by atoms with Gasteiger partial charge in [0.05, 0.1) is 13.2 Å². The van der Waals surface area contributed by atoms with Gasteiger partial charge in [0.2, 0.25) is 0 Å². The third-order valence-electron chi connectivity index (χ3n) is 3.24. The van der Waals surface area contributed by atoms with Crippen molar-refractivity contribution in [3.8, 4) is 0 Å². The lowest BCUT2D eigenvalue weighted by Crippen LogP contribution is -2.55. The Morgan fingerprint density at radius 2 is 1.95 bits per heavy atom. The first kappa shape index (κ1) is 16.6. The minimum atomic E-state index is -1.09. The maximum atomic E-state index is 9.83. The largest absolute Gasteiger partial charge is 0.394 e. The highest BCUT2D eigenvalue weighted by atomic mass is 16.6. The van der Waals surface area contributed by atoms with Gasteiger partial charge in [0.15, 0.2) is 0 Å². The Morgan fingerprint density at radius 1 is 1.21 bits per heavy atom. The van der Waals surface area contributed by atoms with E-state index in [0.29, 0.717) is 6.61 Å². The summed E-state index contributed by atoms with van der Waals surface area (Å²) in [7, 11) is 0. The maximum absolute atomic E-state index is 9.83. The van der Waals surface area contributed by atoms with E-state index in [1.807, 2.05) is 0 Å². The molecule has 1 heterocycles. The Bertz CT molecular complexity index is 256. The van der Waals surface area contributed by atoms with Crippen LogP contribution in [-0.2, 0) is 9.47 Å². The minimum Gasteiger partial charge on any atom is -0.394 e. The molecule has 3 N–H and O–H groups in total. The van der Waals surface area contributed by atoms with Crippen LogP contribution in [0.4, 0.5) is 0 Å². The van der Waals surface area contributed by atoms with Crippen molar-refractivity contribution in [3.63, 3.8) is 0 Å². The summed E-state index contributed by atoms with van der Waals surface area (Å²) in [6.07, 6.45) is 5.06. The van der Waals surface area contributed by atoms with Crippen molar-refractivity contribution in [3.05, 3.63) is 12.2 Å². The minimum absolute atomic E-state index is 0.203. The molecule has 0 aromatic rings. The number of ether oxygens (including phenoxy) is 2. The molecule has 1 fully saturated rings. The van der Waals surface area contributed by atoms with Crippen LogP contribution in [0.5, 0.6) is 0 Å². The molecule has 5 nitrogen and oxygen atoms in total. The van der Waals surface area contributed by atoms with Gasteiger partial charge in [-0.15, -0.1) is 0 Å². The van der Waals surface area contributed by atoms with E-state index in [0.717, 1.165) is 25.7 Å². The van der Waals surface area contributed by atoms with Crippen molar-refractivity contribution in [2.75, 3.05) is 19.8 Å². The highest BCUT2D eigenvalue weighted by Crippen LogP contribution is 2.18. The second-order valence-corrected chi connectivity index (χ2v) is 4.85. The van der Waals surface area contributed by atoms with E-state index in [1.165, 1.54) is 0 Å². The Morgan fingerprint density at radius 3 is 2.63 bits per heavy atom. The van der Waals surface area contributed by atoms with E-state index in [2.05, 4.69) is 19.1 Å². The number of allylic oxidation sites excluding steroid dienone is 2. The number of hydrogen-bond acceptors (Lipinski definition) is 5. The predicted octanol–water partition coefficient (Wildman–Crippen LogP) is 0.621. The molecule has 0 saturated carbocycles. The fourth-order valence-electron chi connectivity index (χ4n) is 2.00. The molecular formula is C14H26O5. The van der Waals surface area contributed by atoms with Crippen molar-refractivity contribution in [2.24, 2.45) is 0 Å². The van der Waals surface area contributed by atoms with Gasteiger partial charge in [0, 0.05) is 6.61 Å². The van der Waals surface area contributed by atoms with Gasteiger partial charge in [-0.25, -0.2) is 0 Å². The van der Waals surface area contributed by atoms with Crippen LogP contribution < -0.4 is 0 Å². The lowest BCUT2D eigenvalue weighted by molar-refractivity contribution is -0.208. The van der Waals surface area contributed by atoms with Crippen molar-refractivity contribution in [1.29, 1.82) is 0 Å². The van der Waals surface area contributed by atoms with Crippen LogP contribution in [0.2, 0.25) is 0 Å². The first-order valence-electron chi connectivity index (χ1n) is 7.05. The summed E-state index contributed by atoms with van der Waals surface area (Å²) in [5, 5.41) is 28.5. The average molecular weight is 274 g/mol. The van der Waals surface area contributed by atoms with E-state index in [4.69, 9.17) is 14.6 Å². The Kier molecular flexibility index (Phi) is 8.25. The molecule has 1 rings (SSSR count). The molecular weight excluding hydrogens is 248 g/mol. The molecule has 0 aliphatic carbocycles. The SMILES string of the molecule is CCC/C=C/CCCO[C@H]1CO[C@H](CO)[C@@H](O)[C@@H]1O. The lowest BCUT2D eigenvalue weighted by atomic mass is 10.0. The van der Waals surface area contributed by atoms with Crippen LogP contribution in [0.1, 0.15) is 32.6 Å². The van der Waals surface area contributed by atoms with Gasteiger partial charge in [-0.1, -0.05) is 25.5 Å². The zero-order chi connectivity index (χ0) is 14.1. The first-order valence-corrected chi connectivity index (χ1v) is 7.05. The standard InChI is InChI=1S/C14H26O5/c1-2-3-4-5-6-7-8-18-12-10-19-11(9-15)13(16)14(12)17/h4-5,11-17H,2-3,6-10H2,1H3/b5-4+/t11-,12+,13-,14-/m1/s1. The fraction of sp³-hybridized carbons (Fsp3) is 0.857. The summed E-state index contributed by atoms with van der Waals surface area (Å²) in [4.78, 5) is 0. The number of hydrogen-bond donors (Lipinski definition) is 3. The highest BCUT2D eigenvalue weighted by molar-refractivity contribution is 4.87. The Balaban J connectivity index is 2.16. The molecule has 0 bridgehead atoms. The van der Waals surface area contributed by atoms with Gasteiger partial charge in [-0.05, 0) is 19.3 Å². The molecule has 0 spiro atoms. The summed E-state index contributed by atoms with van der Waals surface area (Å²) in [6, 6.07) is 0. The van der Waals surface area contributed by atoms with Crippen LogP contribution in [0.3, 0.4) is 0 Å². The normalized spacial score (nSPS) is 32.0. The Hall–Kier alpha value is -0.460. The number of unbranched alkanes of at least 4 members (excludes halogenated alkanes) is 2. The van der Waals surface area contributed by atoms with Gasteiger partial charge in [-0.2, -0.15) is 0 Å². The molecule has 4 atom stereocenters. The zero-order valence-electron chi connectivity index (χ0n) is 11.6. The molecule has 112 valence electrons. The molecule has 5 heteroatoms. The molecule has 0 unspecified atom stereocenters. The lowest BCUT2D eigenvalue weighted by Gasteiger charge is -2.36. The van der Waals surface area contributed by atoms with Gasteiger partial charge in [0.1, 0.15) is 24.4 Å². The van der Waals surface area contributed by atoms with E-state index in [9.17, 15) is 10.2 Å². The second kappa shape index (κ2) is 9.44.